The molecule has 126 valence electrons. The predicted octanol–water partition coefficient (Wildman–Crippen LogP) is 2.73. The summed E-state index contributed by atoms with van der Waals surface area (Å²) in [4.78, 5) is 36.0. The van der Waals surface area contributed by atoms with Crippen molar-refractivity contribution in [2.45, 2.75) is 13.8 Å². The number of carbonyl (C=O) groups is 3. The normalized spacial score (nSPS) is 11.5. The van der Waals surface area contributed by atoms with Crippen molar-refractivity contribution in [1.82, 2.24) is 4.90 Å². The third-order valence-electron chi connectivity index (χ3n) is 3.28. The molecular formula is C15H19BrN2O5. The molecule has 0 aliphatic carbocycles. The molecule has 0 saturated carbocycles. The first-order chi connectivity index (χ1) is 10.7. The summed E-state index contributed by atoms with van der Waals surface area (Å²) >= 11 is 3.28. The summed E-state index contributed by atoms with van der Waals surface area (Å²) in [5.41, 5.74) is 1.49. The number of methoxy groups -OCH3 is 1. The van der Waals surface area contributed by atoms with Crippen LogP contribution in [0.1, 0.15) is 22.8 Å². The molecule has 2 amide bonds. The monoisotopic (exact) mass is 386 g/mol. The molecule has 0 bridgehead atoms. The number of anilines is 1. The van der Waals surface area contributed by atoms with Crippen molar-refractivity contribution in [2.75, 3.05) is 26.0 Å². The molecule has 0 aliphatic rings. The number of esters is 1. The zero-order valence-electron chi connectivity index (χ0n) is 13.3. The number of carboxylic acid groups (broad SMARTS) is 1. The number of halogens is 1. The molecule has 0 fully saturated rings. The minimum Gasteiger partial charge on any atom is -0.481 e. The summed E-state index contributed by atoms with van der Waals surface area (Å²) in [7, 11) is 2.78. The molecular weight excluding hydrogens is 368 g/mol. The van der Waals surface area contributed by atoms with Gasteiger partial charge in [0.1, 0.15) is 0 Å². The summed E-state index contributed by atoms with van der Waals surface area (Å²) in [5, 5.41) is 11.6. The molecule has 1 rings (SSSR count). The highest BCUT2D eigenvalue weighted by atomic mass is 79.9. The van der Waals surface area contributed by atoms with Gasteiger partial charge in [-0.25, -0.2) is 9.59 Å². The Hall–Kier alpha value is -2.09. The van der Waals surface area contributed by atoms with Crippen LogP contribution in [0, 0.1) is 12.8 Å². The van der Waals surface area contributed by atoms with Crippen LogP contribution >= 0.6 is 15.9 Å². The average molecular weight is 387 g/mol. The molecule has 23 heavy (non-hydrogen) atoms. The number of carboxylic acids is 1. The van der Waals surface area contributed by atoms with E-state index in [1.165, 1.54) is 32.0 Å². The van der Waals surface area contributed by atoms with Crippen LogP contribution in [-0.2, 0) is 9.53 Å². The van der Waals surface area contributed by atoms with Crippen LogP contribution in [0.25, 0.3) is 0 Å². The van der Waals surface area contributed by atoms with Crippen molar-refractivity contribution in [2.24, 2.45) is 5.92 Å². The number of rotatable bonds is 5. The number of carbonyl (C=O) groups excluding carboxylic acids is 2. The van der Waals surface area contributed by atoms with Crippen molar-refractivity contribution >= 4 is 39.6 Å². The molecule has 0 aliphatic heterocycles. The lowest BCUT2D eigenvalue weighted by molar-refractivity contribution is -0.141. The fraction of sp³-hybridized carbons (Fsp3) is 0.400. The van der Waals surface area contributed by atoms with E-state index in [2.05, 4.69) is 26.0 Å². The largest absolute Gasteiger partial charge is 0.481 e. The molecule has 2 N–H and O–H groups in total. The molecule has 7 nitrogen and oxygen atoms in total. The van der Waals surface area contributed by atoms with E-state index < -0.39 is 23.9 Å². The number of nitrogens with zero attached hydrogens (tertiary/aromatic N) is 1. The number of benzene rings is 1. The number of aliphatic carboxylic acids is 1. The fourth-order valence-corrected chi connectivity index (χ4v) is 2.48. The zero-order chi connectivity index (χ0) is 17.7. The molecule has 1 unspecified atom stereocenters. The first-order valence-electron chi connectivity index (χ1n) is 6.80. The SMILES string of the molecule is COC(=O)c1cc(NC(=O)N(C)CC(C)C(=O)O)c(C)cc1Br. The van der Waals surface area contributed by atoms with Crippen LogP contribution in [-0.4, -0.2) is 48.7 Å². The second kappa shape index (κ2) is 7.96. The topological polar surface area (TPSA) is 95.9 Å². The first-order valence-corrected chi connectivity index (χ1v) is 7.60. The molecule has 1 aromatic carbocycles. The molecule has 0 heterocycles. The van der Waals surface area contributed by atoms with Gasteiger partial charge in [0.2, 0.25) is 0 Å². The average Bonchev–Trinajstić information content (AvgIpc) is 2.48. The molecule has 0 aromatic heterocycles. The number of nitrogens with one attached hydrogen (secondary N) is 1. The summed E-state index contributed by atoms with van der Waals surface area (Å²) in [5.74, 6) is -2.18. The smallest absolute Gasteiger partial charge is 0.339 e. The van der Waals surface area contributed by atoms with Crippen LogP contribution in [0.5, 0.6) is 0 Å². The van der Waals surface area contributed by atoms with Crippen molar-refractivity contribution in [3.05, 3.63) is 27.7 Å². The number of ether oxygens (including phenoxy) is 1. The molecule has 8 heteroatoms. The van der Waals surface area contributed by atoms with Crippen molar-refractivity contribution in [1.29, 1.82) is 0 Å². The lowest BCUT2D eigenvalue weighted by atomic mass is 10.1. The number of urea groups is 1. The maximum Gasteiger partial charge on any atom is 0.339 e. The van der Waals surface area contributed by atoms with E-state index in [0.717, 1.165) is 5.56 Å². The van der Waals surface area contributed by atoms with E-state index in [1.807, 2.05) is 0 Å². The van der Waals surface area contributed by atoms with Crippen molar-refractivity contribution in [3.8, 4) is 0 Å². The Morgan fingerprint density at radius 2 is 2.00 bits per heavy atom. The Kier molecular flexibility index (Phi) is 6.56. The van der Waals surface area contributed by atoms with Crippen LogP contribution in [0.2, 0.25) is 0 Å². The molecule has 1 aromatic rings. The second-order valence-corrected chi connectivity index (χ2v) is 6.04. The third kappa shape index (κ3) is 4.95. The highest BCUT2D eigenvalue weighted by Crippen LogP contribution is 2.26. The summed E-state index contributed by atoms with van der Waals surface area (Å²) < 4.78 is 5.25. The van der Waals surface area contributed by atoms with E-state index in [-0.39, 0.29) is 12.1 Å². The minimum atomic E-state index is -0.975. The standard InChI is InChI=1S/C15H19BrN2O5/c1-8-5-11(16)10(14(21)23-4)6-12(8)17-15(22)18(3)7-9(2)13(19)20/h5-6,9H,7H2,1-4H3,(H,17,22)(H,19,20). The van der Waals surface area contributed by atoms with Gasteiger partial charge in [0.05, 0.1) is 18.6 Å². The van der Waals surface area contributed by atoms with Crippen molar-refractivity contribution in [3.63, 3.8) is 0 Å². The molecule has 0 saturated heterocycles. The molecule has 1 atom stereocenters. The second-order valence-electron chi connectivity index (χ2n) is 5.19. The van der Waals surface area contributed by atoms with Gasteiger partial charge in [0, 0.05) is 23.8 Å². The van der Waals surface area contributed by atoms with E-state index in [1.54, 1.807) is 13.0 Å². The summed E-state index contributed by atoms with van der Waals surface area (Å²) in [6.45, 7) is 3.37. The predicted molar refractivity (Wildman–Crippen MR) is 88.7 cm³/mol. The summed E-state index contributed by atoms with van der Waals surface area (Å²) in [6.07, 6.45) is 0. The Bertz CT molecular complexity index is 633. The first kappa shape index (κ1) is 19.0. The van der Waals surface area contributed by atoms with Crippen LogP contribution in [0.15, 0.2) is 16.6 Å². The Morgan fingerprint density at radius 1 is 1.39 bits per heavy atom. The van der Waals surface area contributed by atoms with Gasteiger partial charge in [-0.15, -0.1) is 0 Å². The zero-order valence-corrected chi connectivity index (χ0v) is 14.9. The van der Waals surface area contributed by atoms with Gasteiger partial charge in [-0.05, 0) is 40.5 Å². The Labute approximate surface area is 142 Å². The number of aryl methyl sites for hydroxylation is 1. The Balaban J connectivity index is 2.93. The van der Waals surface area contributed by atoms with E-state index in [4.69, 9.17) is 5.11 Å². The lowest BCUT2D eigenvalue weighted by Gasteiger charge is -2.21. The van der Waals surface area contributed by atoms with E-state index in [0.29, 0.717) is 10.2 Å². The number of hydrogen-bond donors (Lipinski definition) is 2. The lowest BCUT2D eigenvalue weighted by Crippen LogP contribution is -2.36. The van der Waals surface area contributed by atoms with Gasteiger partial charge in [0.25, 0.3) is 0 Å². The van der Waals surface area contributed by atoms with Crippen LogP contribution < -0.4 is 5.32 Å². The quantitative estimate of drug-likeness (QED) is 0.758. The van der Waals surface area contributed by atoms with Gasteiger partial charge in [-0.2, -0.15) is 0 Å². The number of amides is 2. The van der Waals surface area contributed by atoms with Gasteiger partial charge in [-0.1, -0.05) is 6.92 Å². The highest BCUT2D eigenvalue weighted by Gasteiger charge is 2.19. The maximum absolute atomic E-state index is 12.2. The van der Waals surface area contributed by atoms with E-state index in [9.17, 15) is 14.4 Å². The summed E-state index contributed by atoms with van der Waals surface area (Å²) in [6, 6.07) is 2.75. The van der Waals surface area contributed by atoms with Crippen LogP contribution in [0.3, 0.4) is 0 Å². The fourth-order valence-electron chi connectivity index (χ4n) is 1.86. The maximum atomic E-state index is 12.2. The number of hydrogen-bond acceptors (Lipinski definition) is 4. The van der Waals surface area contributed by atoms with Gasteiger partial charge in [-0.3, -0.25) is 4.79 Å². The minimum absolute atomic E-state index is 0.0700. The Morgan fingerprint density at radius 3 is 2.52 bits per heavy atom. The van der Waals surface area contributed by atoms with Crippen molar-refractivity contribution < 1.29 is 24.2 Å². The highest BCUT2D eigenvalue weighted by molar-refractivity contribution is 9.10. The van der Waals surface area contributed by atoms with E-state index >= 15 is 0 Å². The van der Waals surface area contributed by atoms with Gasteiger partial charge in [0.15, 0.2) is 0 Å². The van der Waals surface area contributed by atoms with Crippen LogP contribution in [0.4, 0.5) is 10.5 Å². The third-order valence-corrected chi connectivity index (χ3v) is 3.93. The van der Waals surface area contributed by atoms with Gasteiger partial charge < -0.3 is 20.1 Å². The van der Waals surface area contributed by atoms with Gasteiger partial charge >= 0.3 is 18.0 Å². The molecule has 0 spiro atoms. The molecule has 0 radical (unpaired) electrons.